The number of carboxylic acids is 4. The lowest BCUT2D eigenvalue weighted by atomic mass is 9.81. The van der Waals surface area contributed by atoms with E-state index in [-0.39, 0.29) is 172 Å². The Morgan fingerprint density at radius 1 is 0.365 bits per heavy atom. The van der Waals surface area contributed by atoms with Gasteiger partial charge in [-0.25, -0.2) is 28.5 Å². The third-order valence-corrected chi connectivity index (χ3v) is 23.7. The van der Waals surface area contributed by atoms with E-state index in [1.165, 1.54) is 37.2 Å². The van der Waals surface area contributed by atoms with Crippen molar-refractivity contribution in [2.24, 2.45) is 20.0 Å². The van der Waals surface area contributed by atoms with Crippen LogP contribution in [0.2, 0.25) is 0 Å². The zero-order valence-electron chi connectivity index (χ0n) is 85.5. The molecule has 0 bridgehead atoms. The third-order valence-electron chi connectivity index (χ3n) is 23.7. The van der Waals surface area contributed by atoms with Crippen molar-refractivity contribution < 1.29 is 91.8 Å². The van der Waals surface area contributed by atoms with Gasteiger partial charge in [0.2, 0.25) is 0 Å². The summed E-state index contributed by atoms with van der Waals surface area (Å²) in [7, 11) is 0. The molecule has 0 fully saturated rings. The van der Waals surface area contributed by atoms with Gasteiger partial charge in [0.05, 0.1) is 163 Å². The lowest BCUT2D eigenvalue weighted by molar-refractivity contribution is -0.138. The number of pyridine rings is 3. The lowest BCUT2D eigenvalue weighted by Gasteiger charge is -2.23. The number of aromatic nitrogens is 3. The molecule has 4 aliphatic rings. The highest BCUT2D eigenvalue weighted by atomic mass is 19.1. The number of carbonyl (C=O) groups is 12. The average Bonchev–Trinajstić information content (AvgIpc) is 0.852. The standard InChI is InChI=1S/2C27H34FN5O4.C27H32N6O5.C27H31N5O4/c2*1-16-5-17(7-20(6-16)27(2,3)4)18(10-24(35)36)9-23(34)15-30-25(37)19-8-22(14-29-11-19)33-26-31-12-21(28)13-32-26;1-27(2,3)19-5-16(6-20(10-19)28-4)17(9-24(36)37)8-22(34)13-30-25(38)18-7-21(12-29-11-18)33-26-31-14-23(35)15-32-26;1-27(2,3)20-10-18(12-22(15-20)28-4)19(14-24(34)35)13-23(33)16-31-25(36)17-6-5-7-21(11-17)32-26-29-8-9-30-26/h2*5-8,11,14,18,21H,9-10,12-13,15H2,1-4H3,(H,30,37)(H,35,36)(H2,31,32,33);5-7,10-12,17,23,35H,8-9,13-15H2,1-3H3,(H,30,38)(H,36,37)(H2,31,32,33);5-7,10-12,15,19H,8-9,13-14,16H2,1-3H3,(H,31,36)(H,34,35)(H2,29,30,32)/t2*18-;17-;19-/m0000/s1. The van der Waals surface area contributed by atoms with E-state index in [9.17, 15) is 91.8 Å². The van der Waals surface area contributed by atoms with Crippen molar-refractivity contribution in [1.29, 1.82) is 0 Å². The highest BCUT2D eigenvalue weighted by Gasteiger charge is 2.31. The van der Waals surface area contributed by atoms with Crippen LogP contribution < -0.4 is 63.8 Å². The number of hydrogen-bond donors (Lipinski definition) is 17. The molecule has 12 rings (SSSR count). The molecule has 7 heterocycles. The van der Waals surface area contributed by atoms with Crippen LogP contribution in [-0.4, -0.2) is 232 Å². The maximum Gasteiger partial charge on any atom is 0.303 e. The first kappa shape index (κ1) is 115. The number of guanidine groups is 4. The number of aliphatic carboxylic acids is 4. The van der Waals surface area contributed by atoms with Gasteiger partial charge in [-0.05, 0) is 94.2 Å². The van der Waals surface area contributed by atoms with E-state index in [1.54, 1.807) is 60.7 Å². The normalized spacial score (nSPS) is 15.5. The van der Waals surface area contributed by atoms with Gasteiger partial charge in [-0.1, -0.05) is 195 Å². The molecule has 0 saturated heterocycles. The van der Waals surface area contributed by atoms with Gasteiger partial charge in [0.25, 0.3) is 23.6 Å². The lowest BCUT2D eigenvalue weighted by Crippen LogP contribution is -2.42. The van der Waals surface area contributed by atoms with Crippen LogP contribution in [0.3, 0.4) is 0 Å². The molecule has 4 aliphatic heterocycles. The van der Waals surface area contributed by atoms with Crippen molar-refractivity contribution in [2.45, 2.75) is 212 Å². The van der Waals surface area contributed by atoms with E-state index in [1.807, 2.05) is 97.9 Å². The number of β-amino-alcohol motifs (C(OH)–C–C–N with tert-alkyl or cyclic N) is 1. The Morgan fingerprint density at radius 2 is 0.662 bits per heavy atom. The minimum atomic E-state index is -1.06. The number of aryl methyl sites for hydroxylation is 2. The Bertz CT molecular complexity index is 6220. The molecule has 5 aromatic carbocycles. The molecule has 784 valence electrons. The number of rotatable bonds is 36. The van der Waals surface area contributed by atoms with E-state index in [0.29, 0.717) is 87.7 Å². The monoisotopic (exact) mass is 2030 g/mol. The summed E-state index contributed by atoms with van der Waals surface area (Å²) in [5.41, 5.74) is 12.0. The Labute approximate surface area is 858 Å². The van der Waals surface area contributed by atoms with Crippen molar-refractivity contribution in [3.05, 3.63) is 253 Å². The number of anilines is 4. The molecule has 38 nitrogen and oxygen atoms in total. The molecule has 0 radical (unpaired) electrons. The summed E-state index contributed by atoms with van der Waals surface area (Å²) in [6, 6.07) is 33.9. The molecule has 8 aromatic rings. The van der Waals surface area contributed by atoms with Crippen LogP contribution >= 0.6 is 0 Å². The third kappa shape index (κ3) is 38.4. The number of carbonyl (C=O) groups excluding carboxylic acids is 8. The van der Waals surface area contributed by atoms with E-state index < -0.39 is 89.6 Å². The summed E-state index contributed by atoms with van der Waals surface area (Å²) < 4.78 is 26.4. The van der Waals surface area contributed by atoms with Crippen molar-refractivity contribution in [2.75, 3.05) is 99.8 Å². The molecular formula is C108H131F2N21O17. The fourth-order valence-corrected chi connectivity index (χ4v) is 15.8. The van der Waals surface area contributed by atoms with Gasteiger partial charge in [-0.2, -0.15) is 0 Å². The Morgan fingerprint density at radius 3 is 0.953 bits per heavy atom. The topological polar surface area (TPSA) is 547 Å². The van der Waals surface area contributed by atoms with Gasteiger partial charge in [-0.3, -0.25) is 82.5 Å². The van der Waals surface area contributed by atoms with Crippen molar-refractivity contribution >= 4 is 129 Å². The zero-order chi connectivity index (χ0) is 108. The van der Waals surface area contributed by atoms with E-state index in [0.717, 1.165) is 51.1 Å². The molecule has 7 atom stereocenters. The molecule has 3 unspecified atom stereocenters. The predicted octanol–water partition coefficient (Wildman–Crippen LogP) is 13.2. The smallest absolute Gasteiger partial charge is 0.303 e. The molecule has 4 amide bonds. The molecule has 148 heavy (non-hydrogen) atoms. The maximum atomic E-state index is 13.2. The summed E-state index contributed by atoms with van der Waals surface area (Å²) in [6.07, 6.45) is 4.86. The number of nitrogens with zero attached hydrogens (tertiary/aromatic N) is 9. The number of aliphatic hydroxyl groups excluding tert-OH is 1. The highest BCUT2D eigenvalue weighted by Crippen LogP contribution is 2.38. The van der Waals surface area contributed by atoms with Crippen LogP contribution in [0.25, 0.3) is 9.69 Å². The van der Waals surface area contributed by atoms with Gasteiger partial charge < -0.3 is 89.3 Å². The highest BCUT2D eigenvalue weighted by molar-refractivity contribution is 6.03. The second-order valence-corrected chi connectivity index (χ2v) is 40.7. The summed E-state index contributed by atoms with van der Waals surface area (Å²) in [4.78, 5) is 184. The zero-order valence-corrected chi connectivity index (χ0v) is 85.5. The van der Waals surface area contributed by atoms with Crippen LogP contribution in [0.1, 0.15) is 255 Å². The van der Waals surface area contributed by atoms with Crippen LogP contribution in [0.4, 0.5) is 42.9 Å². The van der Waals surface area contributed by atoms with Gasteiger partial charge in [-0.15, -0.1) is 0 Å². The van der Waals surface area contributed by atoms with Crippen molar-refractivity contribution in [3.8, 4) is 0 Å². The second-order valence-electron chi connectivity index (χ2n) is 40.7. The van der Waals surface area contributed by atoms with Gasteiger partial charge >= 0.3 is 23.9 Å². The molecule has 40 heteroatoms. The number of hydrogen-bond acceptors (Lipinski definition) is 28. The fraction of sp³-hybridized carbons (Fsp3) is 0.417. The summed E-state index contributed by atoms with van der Waals surface area (Å²) >= 11 is 0. The van der Waals surface area contributed by atoms with E-state index in [2.05, 4.69) is 162 Å². The first-order chi connectivity index (χ1) is 69.8. The molecule has 0 aliphatic carbocycles. The molecule has 0 spiro atoms. The van der Waals surface area contributed by atoms with Crippen LogP contribution in [0, 0.1) is 27.0 Å². The Hall–Kier alpha value is -16.1. The van der Waals surface area contributed by atoms with Gasteiger partial charge in [0.1, 0.15) is 12.3 Å². The molecule has 0 saturated carbocycles. The average molecular weight is 2030 g/mol. The SMILES string of the molecule is Cc1cc([C@H](CC(=O)O)CC(=O)CNC(=O)c2cncc(NC3=NCC(F)CN3)c2)cc(C(C)(C)C)c1.Cc1cc([C@H](CC(=O)O)CC(=O)CNC(=O)c2cncc(NC3=NCC(F)CN3)c2)cc(C(C)(C)C)c1.[C-]#[N+]c1cc([C@H](CC(=O)O)CC(=O)CNC(=O)c2cccc(NC3=NCCN3)c2)cc(C(C)(C)C)c1.[C-]#[N+]c1cc([C@H](CC(=O)O)CC(=O)CNC(=O)c2cncc(NC3=NCC(O)CN3)c2)cc(C(C)(C)C)c1. The van der Waals surface area contributed by atoms with Gasteiger partial charge in [0, 0.05) is 92.3 Å². The first-order valence-corrected chi connectivity index (χ1v) is 48.3. The number of aliphatic imine (C=N–C) groups is 4. The quantitative estimate of drug-likeness (QED) is 0.0162. The van der Waals surface area contributed by atoms with Crippen molar-refractivity contribution in [3.63, 3.8) is 0 Å². The minimum absolute atomic E-state index is 0.0134. The number of aliphatic hydroxyl groups is 1. The number of carboxylic acid groups (broad SMARTS) is 4. The first-order valence-electron chi connectivity index (χ1n) is 48.3. The second kappa shape index (κ2) is 53.6. The number of Topliss-reactive ketones (excluding diaryl/α,β-unsaturated/α-hetero) is 4. The summed E-state index contributed by atoms with van der Waals surface area (Å²) in [5, 5.41) is 81.4. The number of halogens is 2. The Kier molecular flexibility index (Phi) is 41.8. The van der Waals surface area contributed by atoms with E-state index in [4.69, 9.17) is 13.1 Å². The minimum Gasteiger partial charge on any atom is -0.481 e. The molecular weight excluding hydrogens is 1900 g/mol. The molecule has 3 aromatic heterocycles. The van der Waals surface area contributed by atoms with Crippen LogP contribution in [0.15, 0.2) is 172 Å². The predicted molar refractivity (Wildman–Crippen MR) is 561 cm³/mol. The Balaban J connectivity index is 0.000000219. The number of amides is 4. The number of nitrogens with one attached hydrogen (secondary N) is 12. The maximum absolute atomic E-state index is 13.2. The van der Waals surface area contributed by atoms with Crippen LogP contribution in [-0.2, 0) is 60.0 Å². The number of alkyl halides is 2. The van der Waals surface area contributed by atoms with Gasteiger partial charge in [0.15, 0.2) is 58.3 Å². The van der Waals surface area contributed by atoms with E-state index >= 15 is 0 Å². The summed E-state index contributed by atoms with van der Waals surface area (Å²) in [5.74, 6) is -7.56. The van der Waals surface area contributed by atoms with Crippen molar-refractivity contribution in [1.82, 2.24) is 57.5 Å². The molecule has 17 N–H and O–H groups in total. The largest absolute Gasteiger partial charge is 0.481 e. The van der Waals surface area contributed by atoms with Crippen LogP contribution in [0.5, 0.6) is 0 Å². The fourth-order valence-electron chi connectivity index (χ4n) is 15.8. The number of ketones is 4. The summed E-state index contributed by atoms with van der Waals surface area (Å²) in [6.45, 7) is 44.7. The number of benzene rings is 5.